The molecule has 0 spiro atoms. The summed E-state index contributed by atoms with van der Waals surface area (Å²) in [4.78, 5) is 39.7. The summed E-state index contributed by atoms with van der Waals surface area (Å²) in [5, 5.41) is 0. The quantitative estimate of drug-likeness (QED) is 0.497. The summed E-state index contributed by atoms with van der Waals surface area (Å²) < 4.78 is 49.2. The van der Waals surface area contributed by atoms with Crippen molar-refractivity contribution >= 4 is 23.6 Å². The molecule has 4 rings (SSSR count). The second-order valence-corrected chi connectivity index (χ2v) is 8.07. The molecule has 0 saturated carbocycles. The van der Waals surface area contributed by atoms with E-state index >= 15 is 0 Å². The molecule has 1 atom stereocenters. The van der Waals surface area contributed by atoms with Gasteiger partial charge in [0, 0.05) is 12.1 Å². The van der Waals surface area contributed by atoms with Crippen LogP contribution in [0.4, 0.5) is 23.7 Å². The molecular weight excluding hydrogens is 441 g/mol. The zero-order valence-corrected chi connectivity index (χ0v) is 17.9. The van der Waals surface area contributed by atoms with Gasteiger partial charge in [0.1, 0.15) is 12.3 Å². The number of amides is 3. The number of ether oxygens (including phenoxy) is 2. The molecule has 0 aliphatic carbocycles. The Bertz CT molecular complexity index is 1120. The number of hydrogen-bond acceptors (Lipinski definition) is 5. The smallest absolute Gasteiger partial charge is 0.416 e. The first-order chi connectivity index (χ1) is 15.5. The number of benzene rings is 2. The zero-order chi connectivity index (χ0) is 24.0. The highest BCUT2D eigenvalue weighted by Gasteiger charge is 2.44. The predicted octanol–water partition coefficient (Wildman–Crippen LogP) is 3.93. The predicted molar refractivity (Wildman–Crippen MR) is 111 cm³/mol. The van der Waals surface area contributed by atoms with Gasteiger partial charge in [-0.3, -0.25) is 14.6 Å². The topological polar surface area (TPSA) is 76.2 Å². The minimum absolute atomic E-state index is 0.0157. The number of halogens is 3. The fraction of sp³-hybridized carbons (Fsp3) is 0.348. The molecule has 0 radical (unpaired) electrons. The molecule has 2 aliphatic rings. The second kappa shape index (κ2) is 8.09. The molecule has 0 aromatic heterocycles. The summed E-state index contributed by atoms with van der Waals surface area (Å²) in [6.07, 6.45) is -4.20. The molecule has 1 unspecified atom stereocenters. The van der Waals surface area contributed by atoms with Crippen molar-refractivity contribution in [3.05, 3.63) is 59.2 Å². The van der Waals surface area contributed by atoms with Crippen LogP contribution in [0.2, 0.25) is 0 Å². The molecule has 2 aromatic carbocycles. The summed E-state index contributed by atoms with van der Waals surface area (Å²) in [6.45, 7) is 3.30. The van der Waals surface area contributed by atoms with E-state index in [4.69, 9.17) is 9.47 Å². The molecule has 0 bridgehead atoms. The largest absolute Gasteiger partial charge is 0.475 e. The number of anilines is 1. The van der Waals surface area contributed by atoms with Gasteiger partial charge in [-0.2, -0.15) is 13.2 Å². The number of hydrogen-bond donors (Lipinski definition) is 0. The van der Waals surface area contributed by atoms with Crippen LogP contribution < -0.4 is 9.64 Å². The standard InChI is InChI=1S/C23H21F3N2O5/c1-3-32-20(30)22(2)11-15-10-14(4-9-18(15)33-22)12-28-19(29)13-27(21(28)31)17-7-5-16(6-8-17)23(24,25)26/h4-10H,3,11-13H2,1-2H3. The Labute approximate surface area is 187 Å². The van der Waals surface area contributed by atoms with E-state index in [0.29, 0.717) is 11.3 Å². The second-order valence-electron chi connectivity index (χ2n) is 8.07. The van der Waals surface area contributed by atoms with Crippen LogP contribution in [-0.2, 0) is 33.5 Å². The summed E-state index contributed by atoms with van der Waals surface area (Å²) in [7, 11) is 0. The monoisotopic (exact) mass is 462 g/mol. The van der Waals surface area contributed by atoms with Crippen LogP contribution in [0.15, 0.2) is 42.5 Å². The van der Waals surface area contributed by atoms with E-state index in [9.17, 15) is 27.6 Å². The van der Waals surface area contributed by atoms with Crippen LogP contribution >= 0.6 is 0 Å². The highest BCUT2D eigenvalue weighted by atomic mass is 19.4. The Hall–Kier alpha value is -3.56. The normalized spacial score (nSPS) is 20.2. The van der Waals surface area contributed by atoms with Crippen LogP contribution in [0.25, 0.3) is 0 Å². The molecule has 1 saturated heterocycles. The molecule has 7 nitrogen and oxygen atoms in total. The summed E-state index contributed by atoms with van der Waals surface area (Å²) in [5.41, 5.74) is -0.369. The van der Waals surface area contributed by atoms with Crippen molar-refractivity contribution in [2.24, 2.45) is 0 Å². The van der Waals surface area contributed by atoms with E-state index in [0.717, 1.165) is 27.5 Å². The van der Waals surface area contributed by atoms with Crippen molar-refractivity contribution in [2.75, 3.05) is 18.1 Å². The van der Waals surface area contributed by atoms with Crippen molar-refractivity contribution in [2.45, 2.75) is 38.6 Å². The Kier molecular flexibility index (Phi) is 5.55. The van der Waals surface area contributed by atoms with Crippen LogP contribution in [0.3, 0.4) is 0 Å². The Morgan fingerprint density at radius 2 is 1.85 bits per heavy atom. The van der Waals surface area contributed by atoms with Crippen LogP contribution in [-0.4, -0.2) is 41.6 Å². The molecule has 33 heavy (non-hydrogen) atoms. The van der Waals surface area contributed by atoms with E-state index in [2.05, 4.69) is 0 Å². The zero-order valence-electron chi connectivity index (χ0n) is 17.9. The van der Waals surface area contributed by atoms with Gasteiger partial charge in [-0.05, 0) is 55.3 Å². The first kappa shape index (κ1) is 22.6. The fourth-order valence-corrected chi connectivity index (χ4v) is 3.92. The van der Waals surface area contributed by atoms with Gasteiger partial charge in [-0.1, -0.05) is 12.1 Å². The van der Waals surface area contributed by atoms with E-state index < -0.39 is 35.2 Å². The van der Waals surface area contributed by atoms with Crippen LogP contribution in [0.5, 0.6) is 5.75 Å². The van der Waals surface area contributed by atoms with Crippen LogP contribution in [0.1, 0.15) is 30.5 Å². The van der Waals surface area contributed by atoms with Gasteiger partial charge in [0.05, 0.1) is 18.7 Å². The van der Waals surface area contributed by atoms with Crippen molar-refractivity contribution in [1.29, 1.82) is 0 Å². The Morgan fingerprint density at radius 3 is 2.48 bits per heavy atom. The number of imide groups is 1. The van der Waals surface area contributed by atoms with Crippen molar-refractivity contribution in [3.63, 3.8) is 0 Å². The fourth-order valence-electron chi connectivity index (χ4n) is 3.92. The molecule has 2 aliphatic heterocycles. The number of nitrogens with zero attached hydrogens (tertiary/aromatic N) is 2. The molecule has 2 heterocycles. The van der Waals surface area contributed by atoms with Gasteiger partial charge >= 0.3 is 18.2 Å². The molecule has 10 heteroatoms. The summed E-state index contributed by atoms with van der Waals surface area (Å²) in [5.74, 6) is -0.410. The number of carbonyl (C=O) groups is 3. The molecule has 0 N–H and O–H groups in total. The first-order valence-electron chi connectivity index (χ1n) is 10.3. The van der Waals surface area contributed by atoms with E-state index in [1.54, 1.807) is 32.0 Å². The SMILES string of the molecule is CCOC(=O)C1(C)Cc2cc(CN3C(=O)CN(c4ccc(C(F)(F)F)cc4)C3=O)ccc2O1. The third kappa shape index (κ3) is 4.24. The number of alkyl halides is 3. The lowest BCUT2D eigenvalue weighted by Crippen LogP contribution is -2.41. The van der Waals surface area contributed by atoms with Gasteiger partial charge < -0.3 is 9.47 Å². The van der Waals surface area contributed by atoms with Gasteiger partial charge in [-0.25, -0.2) is 9.59 Å². The van der Waals surface area contributed by atoms with Crippen molar-refractivity contribution in [1.82, 2.24) is 4.90 Å². The molecule has 3 amide bonds. The minimum Gasteiger partial charge on any atom is -0.475 e. The maximum absolute atomic E-state index is 12.8. The van der Waals surface area contributed by atoms with Crippen molar-refractivity contribution < 1.29 is 37.0 Å². The highest BCUT2D eigenvalue weighted by molar-refractivity contribution is 6.12. The average molecular weight is 462 g/mol. The number of fused-ring (bicyclic) bond motifs is 1. The van der Waals surface area contributed by atoms with Gasteiger partial charge in [0.25, 0.3) is 5.91 Å². The minimum atomic E-state index is -4.49. The lowest BCUT2D eigenvalue weighted by molar-refractivity contribution is -0.158. The van der Waals surface area contributed by atoms with E-state index in [1.807, 2.05) is 0 Å². The molecule has 174 valence electrons. The average Bonchev–Trinajstić information content (AvgIpc) is 3.24. The van der Waals surface area contributed by atoms with Crippen LogP contribution in [0, 0.1) is 0 Å². The van der Waals surface area contributed by atoms with Gasteiger partial charge in [0.15, 0.2) is 0 Å². The van der Waals surface area contributed by atoms with Gasteiger partial charge in [-0.15, -0.1) is 0 Å². The van der Waals surface area contributed by atoms with Gasteiger partial charge in [0.2, 0.25) is 5.60 Å². The first-order valence-corrected chi connectivity index (χ1v) is 10.3. The number of urea groups is 1. The number of esters is 1. The lowest BCUT2D eigenvalue weighted by Gasteiger charge is -2.21. The third-order valence-corrected chi connectivity index (χ3v) is 5.60. The third-order valence-electron chi connectivity index (χ3n) is 5.60. The summed E-state index contributed by atoms with van der Waals surface area (Å²) in [6, 6.07) is 8.59. The maximum Gasteiger partial charge on any atom is 0.416 e. The van der Waals surface area contributed by atoms with E-state index in [1.165, 1.54) is 12.1 Å². The molecule has 1 fully saturated rings. The maximum atomic E-state index is 12.8. The summed E-state index contributed by atoms with van der Waals surface area (Å²) >= 11 is 0. The number of rotatable bonds is 5. The number of carbonyl (C=O) groups excluding carboxylic acids is 3. The van der Waals surface area contributed by atoms with E-state index in [-0.39, 0.29) is 31.8 Å². The Balaban J connectivity index is 1.48. The molecule has 2 aromatic rings. The Morgan fingerprint density at radius 1 is 1.15 bits per heavy atom. The lowest BCUT2D eigenvalue weighted by atomic mass is 9.98. The highest BCUT2D eigenvalue weighted by Crippen LogP contribution is 2.37. The van der Waals surface area contributed by atoms with Crippen molar-refractivity contribution in [3.8, 4) is 5.75 Å². The molecular formula is C23H21F3N2O5.